The highest BCUT2D eigenvalue weighted by Gasteiger charge is 2.13. The first-order valence-corrected chi connectivity index (χ1v) is 8.88. The molecule has 26 heavy (non-hydrogen) atoms. The Labute approximate surface area is 153 Å². The molecule has 0 aliphatic carbocycles. The fraction of sp³-hybridized carbons (Fsp3) is 0.105. The van der Waals surface area contributed by atoms with Gasteiger partial charge < -0.3 is 5.32 Å². The molecular formula is C19H15F2N3OS. The summed E-state index contributed by atoms with van der Waals surface area (Å²) in [5, 5.41) is 11.8. The Balaban J connectivity index is 1.79. The van der Waals surface area contributed by atoms with E-state index in [9.17, 15) is 13.6 Å². The van der Waals surface area contributed by atoms with E-state index in [1.54, 1.807) is 30.0 Å². The third-order valence-electron chi connectivity index (χ3n) is 3.52. The van der Waals surface area contributed by atoms with Gasteiger partial charge in [0.2, 0.25) is 0 Å². The van der Waals surface area contributed by atoms with Crippen LogP contribution in [-0.4, -0.2) is 21.9 Å². The summed E-state index contributed by atoms with van der Waals surface area (Å²) in [5.74, 6) is -1.38. The monoisotopic (exact) mass is 371 g/mol. The normalized spacial score (nSPS) is 10.6. The summed E-state index contributed by atoms with van der Waals surface area (Å²) >= 11 is 1.60. The Bertz CT molecular complexity index is 932. The number of hydrogen-bond acceptors (Lipinski definition) is 4. The quantitative estimate of drug-likeness (QED) is 0.656. The van der Waals surface area contributed by atoms with Crippen LogP contribution >= 0.6 is 11.8 Å². The van der Waals surface area contributed by atoms with Gasteiger partial charge in [-0.2, -0.15) is 0 Å². The minimum absolute atomic E-state index is 0.225. The largest absolute Gasteiger partial charge is 0.322 e. The van der Waals surface area contributed by atoms with Crippen molar-refractivity contribution in [1.29, 1.82) is 0 Å². The lowest BCUT2D eigenvalue weighted by Crippen LogP contribution is -2.14. The number of hydrogen-bond donors (Lipinski definition) is 1. The molecule has 1 aromatic heterocycles. The van der Waals surface area contributed by atoms with Gasteiger partial charge in [-0.3, -0.25) is 4.79 Å². The van der Waals surface area contributed by atoms with Gasteiger partial charge in [0, 0.05) is 17.3 Å². The molecule has 2 aromatic carbocycles. The lowest BCUT2D eigenvalue weighted by Gasteiger charge is -2.08. The molecule has 1 N–H and O–H groups in total. The minimum atomic E-state index is -0.909. The SMILES string of the molecule is CCSc1ccc(-c2cccc(NC(=O)c3ccc(F)cc3F)c2)nn1. The zero-order valence-electron chi connectivity index (χ0n) is 13.9. The van der Waals surface area contributed by atoms with Crippen molar-refractivity contribution in [3.8, 4) is 11.3 Å². The standard InChI is InChI=1S/C19H15F2N3OS/c1-2-26-18-9-8-17(23-24-18)12-4-3-5-14(10-12)22-19(25)15-7-6-13(20)11-16(15)21/h3-11H,2H2,1H3,(H,22,25). The highest BCUT2D eigenvalue weighted by Crippen LogP contribution is 2.23. The number of carbonyl (C=O) groups excluding carboxylic acids is 1. The Kier molecular flexibility index (Phi) is 5.58. The van der Waals surface area contributed by atoms with Crippen molar-refractivity contribution in [3.63, 3.8) is 0 Å². The summed E-state index contributed by atoms with van der Waals surface area (Å²) in [6.45, 7) is 2.04. The molecule has 0 aliphatic rings. The van der Waals surface area contributed by atoms with Gasteiger partial charge in [-0.05, 0) is 42.2 Å². The molecule has 0 unspecified atom stereocenters. The molecule has 0 saturated carbocycles. The molecule has 132 valence electrons. The van der Waals surface area contributed by atoms with Gasteiger partial charge in [0.1, 0.15) is 16.7 Å². The molecule has 0 spiro atoms. The van der Waals surface area contributed by atoms with Crippen molar-refractivity contribution in [2.75, 3.05) is 11.1 Å². The summed E-state index contributed by atoms with van der Waals surface area (Å²) in [7, 11) is 0. The summed E-state index contributed by atoms with van der Waals surface area (Å²) in [5.41, 5.74) is 1.68. The van der Waals surface area contributed by atoms with E-state index in [0.717, 1.165) is 28.5 Å². The number of nitrogens with zero attached hydrogens (tertiary/aromatic N) is 2. The number of amides is 1. The first kappa shape index (κ1) is 18.0. The van der Waals surface area contributed by atoms with Crippen molar-refractivity contribution in [2.24, 2.45) is 0 Å². The van der Waals surface area contributed by atoms with Crippen LogP contribution in [0.2, 0.25) is 0 Å². The molecule has 0 bridgehead atoms. The Morgan fingerprint density at radius 2 is 1.92 bits per heavy atom. The third-order valence-corrected chi connectivity index (χ3v) is 4.33. The second-order valence-electron chi connectivity index (χ2n) is 5.35. The van der Waals surface area contributed by atoms with Gasteiger partial charge in [0.25, 0.3) is 5.91 Å². The molecule has 0 radical (unpaired) electrons. The zero-order valence-corrected chi connectivity index (χ0v) is 14.7. The second kappa shape index (κ2) is 8.05. The van der Waals surface area contributed by atoms with Gasteiger partial charge in [0.05, 0.1) is 11.3 Å². The number of halogens is 2. The maximum Gasteiger partial charge on any atom is 0.258 e. The minimum Gasteiger partial charge on any atom is -0.322 e. The van der Waals surface area contributed by atoms with Crippen LogP contribution in [0.4, 0.5) is 14.5 Å². The average molecular weight is 371 g/mol. The van der Waals surface area contributed by atoms with Crippen LogP contribution in [0.1, 0.15) is 17.3 Å². The fourth-order valence-corrected chi connectivity index (χ4v) is 2.89. The fourth-order valence-electron chi connectivity index (χ4n) is 2.33. The molecule has 3 aromatic rings. The topological polar surface area (TPSA) is 54.9 Å². The lowest BCUT2D eigenvalue weighted by atomic mass is 10.1. The molecule has 1 amide bonds. The van der Waals surface area contributed by atoms with Crippen LogP contribution in [0.25, 0.3) is 11.3 Å². The van der Waals surface area contributed by atoms with Crippen LogP contribution in [0.3, 0.4) is 0 Å². The van der Waals surface area contributed by atoms with Gasteiger partial charge in [-0.25, -0.2) is 8.78 Å². The van der Waals surface area contributed by atoms with E-state index in [1.165, 1.54) is 0 Å². The number of aromatic nitrogens is 2. The molecule has 7 heteroatoms. The predicted molar refractivity (Wildman–Crippen MR) is 98.2 cm³/mol. The van der Waals surface area contributed by atoms with Gasteiger partial charge in [-0.1, -0.05) is 19.1 Å². The smallest absolute Gasteiger partial charge is 0.258 e. The number of benzene rings is 2. The first-order chi connectivity index (χ1) is 12.6. The molecular weight excluding hydrogens is 356 g/mol. The van der Waals surface area contributed by atoms with E-state index in [0.29, 0.717) is 17.4 Å². The number of nitrogens with one attached hydrogen (secondary N) is 1. The molecule has 0 saturated heterocycles. The molecule has 0 atom stereocenters. The lowest BCUT2D eigenvalue weighted by molar-refractivity contribution is 0.102. The Morgan fingerprint density at radius 1 is 1.08 bits per heavy atom. The molecule has 1 heterocycles. The van der Waals surface area contributed by atoms with Crippen molar-refractivity contribution in [2.45, 2.75) is 11.9 Å². The molecule has 4 nitrogen and oxygen atoms in total. The molecule has 3 rings (SSSR count). The Morgan fingerprint density at radius 3 is 2.62 bits per heavy atom. The highest BCUT2D eigenvalue weighted by molar-refractivity contribution is 7.99. The van der Waals surface area contributed by atoms with Crippen molar-refractivity contribution in [1.82, 2.24) is 10.2 Å². The van der Waals surface area contributed by atoms with Crippen LogP contribution in [0.5, 0.6) is 0 Å². The summed E-state index contributed by atoms with van der Waals surface area (Å²) in [6.07, 6.45) is 0. The van der Waals surface area contributed by atoms with Crippen molar-refractivity contribution < 1.29 is 13.6 Å². The van der Waals surface area contributed by atoms with Crippen LogP contribution < -0.4 is 5.32 Å². The second-order valence-corrected chi connectivity index (χ2v) is 6.63. The summed E-state index contributed by atoms with van der Waals surface area (Å²) < 4.78 is 26.7. The highest BCUT2D eigenvalue weighted by atomic mass is 32.2. The van der Waals surface area contributed by atoms with E-state index < -0.39 is 17.5 Å². The van der Waals surface area contributed by atoms with Gasteiger partial charge >= 0.3 is 0 Å². The Hall–Kier alpha value is -2.80. The number of carbonyl (C=O) groups is 1. The van der Waals surface area contributed by atoms with Crippen LogP contribution in [-0.2, 0) is 0 Å². The van der Waals surface area contributed by atoms with Crippen LogP contribution in [0, 0.1) is 11.6 Å². The first-order valence-electron chi connectivity index (χ1n) is 7.90. The summed E-state index contributed by atoms with van der Waals surface area (Å²) in [4.78, 5) is 12.2. The number of rotatable bonds is 5. The van der Waals surface area contributed by atoms with E-state index in [1.807, 2.05) is 25.1 Å². The van der Waals surface area contributed by atoms with Crippen molar-refractivity contribution >= 4 is 23.4 Å². The predicted octanol–water partition coefficient (Wildman–Crippen LogP) is 4.79. The summed E-state index contributed by atoms with van der Waals surface area (Å²) in [6, 6.07) is 13.6. The maximum absolute atomic E-state index is 13.7. The van der Waals surface area contributed by atoms with E-state index in [2.05, 4.69) is 15.5 Å². The van der Waals surface area contributed by atoms with E-state index in [4.69, 9.17) is 0 Å². The molecule has 0 fully saturated rings. The molecule has 0 aliphatic heterocycles. The third kappa shape index (κ3) is 4.23. The van der Waals surface area contributed by atoms with Gasteiger partial charge in [-0.15, -0.1) is 22.0 Å². The van der Waals surface area contributed by atoms with Crippen molar-refractivity contribution in [3.05, 3.63) is 71.8 Å². The van der Waals surface area contributed by atoms with Crippen LogP contribution in [0.15, 0.2) is 59.6 Å². The number of thioether (sulfide) groups is 1. The maximum atomic E-state index is 13.7. The van der Waals surface area contributed by atoms with E-state index >= 15 is 0 Å². The number of anilines is 1. The van der Waals surface area contributed by atoms with E-state index in [-0.39, 0.29) is 5.56 Å². The average Bonchev–Trinajstić information content (AvgIpc) is 2.63. The van der Waals surface area contributed by atoms with Gasteiger partial charge in [0.15, 0.2) is 0 Å². The zero-order chi connectivity index (χ0) is 18.5.